The van der Waals surface area contributed by atoms with Gasteiger partial charge in [-0.15, -0.1) is 11.8 Å². The zero-order valence-corrected chi connectivity index (χ0v) is 9.52. The Balaban J connectivity index is 2.32. The van der Waals surface area contributed by atoms with E-state index >= 15 is 0 Å². The fourth-order valence-electron chi connectivity index (χ4n) is 1.34. The van der Waals surface area contributed by atoms with Crippen LogP contribution in [0.3, 0.4) is 0 Å². The molecule has 0 atom stereocenters. The van der Waals surface area contributed by atoms with Gasteiger partial charge in [-0.05, 0) is 24.3 Å². The van der Waals surface area contributed by atoms with Crippen molar-refractivity contribution in [3.8, 4) is 0 Å². The van der Waals surface area contributed by atoms with E-state index in [4.69, 9.17) is 0 Å². The number of benzene rings is 1. The molecule has 1 heterocycles. The zero-order chi connectivity index (χ0) is 10.9. The molecule has 82 valence electrons. The molecular formula is C9H10FNO2S2. The van der Waals surface area contributed by atoms with E-state index in [1.54, 1.807) is 11.8 Å². The maximum absolute atomic E-state index is 12.6. The molecule has 0 amide bonds. The van der Waals surface area contributed by atoms with Crippen molar-refractivity contribution in [2.45, 2.75) is 4.90 Å². The minimum absolute atomic E-state index is 0.159. The zero-order valence-electron chi connectivity index (χ0n) is 7.89. The molecule has 0 aliphatic carbocycles. The summed E-state index contributed by atoms with van der Waals surface area (Å²) in [4.78, 5) is 0.159. The third-order valence-corrected chi connectivity index (χ3v) is 5.16. The van der Waals surface area contributed by atoms with Crippen LogP contribution in [0.15, 0.2) is 29.2 Å². The van der Waals surface area contributed by atoms with E-state index in [1.807, 2.05) is 0 Å². The molecule has 1 saturated heterocycles. The molecule has 0 spiro atoms. The summed E-state index contributed by atoms with van der Waals surface area (Å²) in [6.45, 7) is 0.532. The lowest BCUT2D eigenvalue weighted by atomic mass is 10.4. The molecular weight excluding hydrogens is 237 g/mol. The van der Waals surface area contributed by atoms with Crippen LogP contribution in [0.5, 0.6) is 0 Å². The summed E-state index contributed by atoms with van der Waals surface area (Å²) in [6, 6.07) is 4.92. The maximum atomic E-state index is 12.6. The largest absolute Gasteiger partial charge is 0.243 e. The van der Waals surface area contributed by atoms with Crippen LogP contribution >= 0.6 is 11.8 Å². The summed E-state index contributed by atoms with van der Waals surface area (Å²) in [5.41, 5.74) is 0. The van der Waals surface area contributed by atoms with Crippen LogP contribution in [0.2, 0.25) is 0 Å². The summed E-state index contributed by atoms with van der Waals surface area (Å²) in [6.07, 6.45) is 0. The highest BCUT2D eigenvalue weighted by Crippen LogP contribution is 2.23. The van der Waals surface area contributed by atoms with Crippen molar-refractivity contribution < 1.29 is 12.8 Å². The molecule has 0 saturated carbocycles. The van der Waals surface area contributed by atoms with Crippen molar-refractivity contribution >= 4 is 21.8 Å². The SMILES string of the molecule is O=S(=O)(c1ccc(F)cc1)N1CCSC1. The van der Waals surface area contributed by atoms with Crippen molar-refractivity contribution in [1.82, 2.24) is 4.31 Å². The fourth-order valence-corrected chi connectivity index (χ4v) is 4.16. The molecule has 1 aliphatic heterocycles. The third-order valence-electron chi connectivity index (χ3n) is 2.17. The summed E-state index contributed by atoms with van der Waals surface area (Å²) in [5, 5.41) is 0. The normalized spacial score (nSPS) is 18.2. The highest BCUT2D eigenvalue weighted by atomic mass is 32.2. The minimum Gasteiger partial charge on any atom is -0.207 e. The number of rotatable bonds is 2. The lowest BCUT2D eigenvalue weighted by Gasteiger charge is -2.14. The van der Waals surface area contributed by atoms with Crippen LogP contribution in [0.25, 0.3) is 0 Å². The molecule has 1 aromatic carbocycles. The Labute approximate surface area is 92.3 Å². The van der Waals surface area contributed by atoms with Gasteiger partial charge in [-0.3, -0.25) is 0 Å². The standard InChI is InChI=1S/C9H10FNO2S2/c10-8-1-3-9(4-2-8)15(12,13)11-5-6-14-7-11/h1-4H,5-7H2. The molecule has 0 radical (unpaired) electrons. The van der Waals surface area contributed by atoms with Crippen LogP contribution in [0, 0.1) is 5.82 Å². The first-order valence-corrected chi connectivity index (χ1v) is 7.03. The Kier molecular flexibility index (Phi) is 2.99. The van der Waals surface area contributed by atoms with Crippen LogP contribution in [0.4, 0.5) is 4.39 Å². The highest BCUT2D eigenvalue weighted by molar-refractivity contribution is 8.00. The van der Waals surface area contributed by atoms with Crippen molar-refractivity contribution in [1.29, 1.82) is 0 Å². The van der Waals surface area contributed by atoms with Gasteiger partial charge >= 0.3 is 0 Å². The number of sulfonamides is 1. The predicted octanol–water partition coefficient (Wildman–Crippen LogP) is 1.52. The van der Waals surface area contributed by atoms with E-state index < -0.39 is 15.8 Å². The maximum Gasteiger partial charge on any atom is 0.243 e. The molecule has 1 aliphatic rings. The lowest BCUT2D eigenvalue weighted by Crippen LogP contribution is -2.27. The highest BCUT2D eigenvalue weighted by Gasteiger charge is 2.27. The molecule has 0 unspecified atom stereocenters. The van der Waals surface area contributed by atoms with E-state index in [0.717, 1.165) is 17.9 Å². The van der Waals surface area contributed by atoms with Crippen molar-refractivity contribution in [3.63, 3.8) is 0 Å². The van der Waals surface area contributed by atoms with Crippen LogP contribution in [-0.4, -0.2) is 30.9 Å². The first kappa shape index (κ1) is 10.9. The van der Waals surface area contributed by atoms with E-state index in [2.05, 4.69) is 0 Å². The molecule has 6 heteroatoms. The van der Waals surface area contributed by atoms with Crippen LogP contribution < -0.4 is 0 Å². The second kappa shape index (κ2) is 4.11. The van der Waals surface area contributed by atoms with Crippen LogP contribution in [0.1, 0.15) is 0 Å². The second-order valence-electron chi connectivity index (χ2n) is 3.17. The van der Waals surface area contributed by atoms with E-state index in [-0.39, 0.29) is 4.90 Å². The molecule has 15 heavy (non-hydrogen) atoms. The topological polar surface area (TPSA) is 37.4 Å². The average Bonchev–Trinajstić information content (AvgIpc) is 2.71. The Morgan fingerprint density at radius 2 is 1.93 bits per heavy atom. The smallest absolute Gasteiger partial charge is 0.207 e. The van der Waals surface area contributed by atoms with Gasteiger partial charge in [-0.1, -0.05) is 0 Å². The van der Waals surface area contributed by atoms with Gasteiger partial charge in [0.2, 0.25) is 10.0 Å². The Morgan fingerprint density at radius 1 is 1.27 bits per heavy atom. The van der Waals surface area contributed by atoms with Gasteiger partial charge in [0.1, 0.15) is 5.82 Å². The quantitative estimate of drug-likeness (QED) is 0.795. The fraction of sp³-hybridized carbons (Fsp3) is 0.333. The molecule has 0 aromatic heterocycles. The lowest BCUT2D eigenvalue weighted by molar-refractivity contribution is 0.489. The summed E-state index contributed by atoms with van der Waals surface area (Å²) < 4.78 is 37.9. The molecule has 3 nitrogen and oxygen atoms in total. The predicted molar refractivity (Wildman–Crippen MR) is 57.6 cm³/mol. The van der Waals surface area contributed by atoms with E-state index in [0.29, 0.717) is 12.4 Å². The summed E-state index contributed by atoms with van der Waals surface area (Å²) in [7, 11) is -3.41. The van der Waals surface area contributed by atoms with Gasteiger partial charge in [-0.25, -0.2) is 12.8 Å². The third kappa shape index (κ3) is 2.16. The first-order chi connectivity index (χ1) is 7.10. The Bertz CT molecular complexity index is 438. The number of halogens is 1. The van der Waals surface area contributed by atoms with Gasteiger partial charge in [0, 0.05) is 12.3 Å². The van der Waals surface area contributed by atoms with Crippen molar-refractivity contribution in [3.05, 3.63) is 30.1 Å². The first-order valence-electron chi connectivity index (χ1n) is 4.44. The van der Waals surface area contributed by atoms with Gasteiger partial charge in [-0.2, -0.15) is 4.31 Å². The molecule has 2 rings (SSSR count). The van der Waals surface area contributed by atoms with Gasteiger partial charge < -0.3 is 0 Å². The van der Waals surface area contributed by atoms with Gasteiger partial charge in [0.25, 0.3) is 0 Å². The van der Waals surface area contributed by atoms with Gasteiger partial charge in [0.05, 0.1) is 10.8 Å². The molecule has 1 fully saturated rings. The van der Waals surface area contributed by atoms with Gasteiger partial charge in [0.15, 0.2) is 0 Å². The van der Waals surface area contributed by atoms with Crippen molar-refractivity contribution in [2.24, 2.45) is 0 Å². The Morgan fingerprint density at radius 3 is 2.47 bits per heavy atom. The number of thioether (sulfide) groups is 1. The monoisotopic (exact) mass is 247 g/mol. The summed E-state index contributed by atoms with van der Waals surface area (Å²) in [5.74, 6) is 0.880. The number of nitrogens with zero attached hydrogens (tertiary/aromatic N) is 1. The summed E-state index contributed by atoms with van der Waals surface area (Å²) >= 11 is 1.58. The average molecular weight is 247 g/mol. The number of hydrogen-bond donors (Lipinski definition) is 0. The molecule has 0 N–H and O–H groups in total. The second-order valence-corrected chi connectivity index (χ2v) is 6.18. The van der Waals surface area contributed by atoms with E-state index in [9.17, 15) is 12.8 Å². The number of hydrogen-bond acceptors (Lipinski definition) is 3. The molecule has 1 aromatic rings. The van der Waals surface area contributed by atoms with Crippen molar-refractivity contribution in [2.75, 3.05) is 18.2 Å². The van der Waals surface area contributed by atoms with E-state index in [1.165, 1.54) is 16.4 Å². The van der Waals surface area contributed by atoms with Crippen LogP contribution in [-0.2, 0) is 10.0 Å². The minimum atomic E-state index is -3.41. The Hall–Kier alpha value is -0.590. The molecule has 0 bridgehead atoms.